The van der Waals surface area contributed by atoms with E-state index in [-0.39, 0.29) is 11.8 Å². The summed E-state index contributed by atoms with van der Waals surface area (Å²) in [5.41, 5.74) is 3.02. The number of carbonyl (C=O) groups excluding carboxylic acids is 2. The van der Waals surface area contributed by atoms with Gasteiger partial charge in [0.1, 0.15) is 5.82 Å². The highest BCUT2D eigenvalue weighted by molar-refractivity contribution is 9.10. The summed E-state index contributed by atoms with van der Waals surface area (Å²) in [6.07, 6.45) is 0.613. The van der Waals surface area contributed by atoms with Gasteiger partial charge in [0, 0.05) is 35.7 Å². The fraction of sp³-hybridized carbons (Fsp3) is 0.136. The van der Waals surface area contributed by atoms with E-state index in [1.54, 1.807) is 18.2 Å². The molecule has 0 aliphatic carbocycles. The maximum absolute atomic E-state index is 12.5. The van der Waals surface area contributed by atoms with Gasteiger partial charge in [-0.05, 0) is 47.8 Å². The van der Waals surface area contributed by atoms with Crippen molar-refractivity contribution in [1.82, 2.24) is 14.9 Å². The molecule has 0 saturated heterocycles. The van der Waals surface area contributed by atoms with E-state index >= 15 is 0 Å². The fourth-order valence-electron chi connectivity index (χ4n) is 3.17. The number of nitrogens with zero attached hydrogens (tertiary/aromatic N) is 2. The maximum Gasteiger partial charge on any atom is 0.261 e. The molecule has 30 heavy (non-hydrogen) atoms. The number of fused-ring (bicyclic) bond motifs is 1. The van der Waals surface area contributed by atoms with Crippen molar-refractivity contribution in [2.75, 3.05) is 11.9 Å². The molecule has 2 N–H and O–H groups in total. The normalized spacial score (nSPS) is 10.9. The minimum atomic E-state index is -0.178. The van der Waals surface area contributed by atoms with E-state index in [4.69, 9.17) is 0 Å². The van der Waals surface area contributed by atoms with Gasteiger partial charge in [0.15, 0.2) is 0 Å². The van der Waals surface area contributed by atoms with Crippen LogP contribution in [0.15, 0.2) is 64.5 Å². The molecule has 0 aliphatic rings. The van der Waals surface area contributed by atoms with E-state index in [0.29, 0.717) is 29.1 Å². The number of thiophene rings is 1. The first-order chi connectivity index (χ1) is 14.5. The number of nitrogens with one attached hydrogen (secondary N) is 2. The van der Waals surface area contributed by atoms with Crippen LogP contribution in [0.25, 0.3) is 11.0 Å². The molecule has 8 heteroatoms. The van der Waals surface area contributed by atoms with E-state index in [1.165, 1.54) is 11.3 Å². The second kappa shape index (κ2) is 8.81. The van der Waals surface area contributed by atoms with Gasteiger partial charge < -0.3 is 15.2 Å². The lowest BCUT2D eigenvalue weighted by Crippen LogP contribution is -2.25. The lowest BCUT2D eigenvalue weighted by atomic mass is 10.2. The largest absolute Gasteiger partial charge is 0.351 e. The molecule has 0 bridgehead atoms. The minimum absolute atomic E-state index is 0.0682. The van der Waals surface area contributed by atoms with Crippen molar-refractivity contribution >= 4 is 55.8 Å². The van der Waals surface area contributed by atoms with E-state index in [2.05, 4.69) is 31.5 Å². The number of halogens is 1. The summed E-state index contributed by atoms with van der Waals surface area (Å²) >= 11 is 4.80. The Bertz CT molecular complexity index is 1220. The minimum Gasteiger partial charge on any atom is -0.351 e. The molecule has 0 saturated carbocycles. The molecular weight excluding hydrogens is 464 g/mol. The summed E-state index contributed by atoms with van der Waals surface area (Å²) in [4.78, 5) is 29.9. The third-order valence-electron chi connectivity index (χ3n) is 4.70. The van der Waals surface area contributed by atoms with Crippen molar-refractivity contribution < 1.29 is 9.59 Å². The summed E-state index contributed by atoms with van der Waals surface area (Å²) in [6, 6.07) is 16.6. The average Bonchev–Trinajstić information content (AvgIpc) is 3.37. The van der Waals surface area contributed by atoms with Gasteiger partial charge >= 0.3 is 0 Å². The maximum atomic E-state index is 12.5. The van der Waals surface area contributed by atoms with Crippen molar-refractivity contribution in [3.8, 4) is 0 Å². The van der Waals surface area contributed by atoms with Crippen LogP contribution >= 0.6 is 27.3 Å². The first kappa shape index (κ1) is 20.3. The van der Waals surface area contributed by atoms with Crippen LogP contribution < -0.4 is 10.6 Å². The Hall–Kier alpha value is -2.97. The lowest BCUT2D eigenvalue weighted by molar-refractivity contribution is 0.0957. The van der Waals surface area contributed by atoms with Crippen LogP contribution in [0.1, 0.15) is 25.9 Å². The van der Waals surface area contributed by atoms with Gasteiger partial charge in [-0.15, -0.1) is 11.3 Å². The molecule has 0 fully saturated rings. The Balaban J connectivity index is 1.44. The molecule has 6 nitrogen and oxygen atoms in total. The van der Waals surface area contributed by atoms with Crippen molar-refractivity contribution in [3.05, 3.63) is 80.7 Å². The molecule has 2 aromatic carbocycles. The first-order valence-electron chi connectivity index (χ1n) is 9.35. The van der Waals surface area contributed by atoms with Gasteiger partial charge in [0.25, 0.3) is 11.8 Å². The van der Waals surface area contributed by atoms with Crippen molar-refractivity contribution in [1.29, 1.82) is 0 Å². The molecular formula is C22H19BrN4O2S. The number of rotatable bonds is 6. The number of hydrogen-bond acceptors (Lipinski definition) is 4. The summed E-state index contributed by atoms with van der Waals surface area (Å²) in [6.45, 7) is 0.500. The number of anilines is 1. The molecule has 2 aromatic heterocycles. The van der Waals surface area contributed by atoms with Crippen LogP contribution in [0.5, 0.6) is 0 Å². The van der Waals surface area contributed by atoms with E-state index < -0.39 is 0 Å². The summed E-state index contributed by atoms with van der Waals surface area (Å²) in [5, 5.41) is 7.72. The summed E-state index contributed by atoms with van der Waals surface area (Å²) < 4.78 is 2.86. The highest BCUT2D eigenvalue weighted by Crippen LogP contribution is 2.21. The van der Waals surface area contributed by atoms with Gasteiger partial charge in [-0.3, -0.25) is 9.59 Å². The molecule has 0 spiro atoms. The van der Waals surface area contributed by atoms with Crippen molar-refractivity contribution in [2.45, 2.75) is 6.42 Å². The van der Waals surface area contributed by atoms with Crippen molar-refractivity contribution in [3.63, 3.8) is 0 Å². The number of carbonyl (C=O) groups is 2. The zero-order chi connectivity index (χ0) is 21.1. The van der Waals surface area contributed by atoms with Crippen molar-refractivity contribution in [2.24, 2.45) is 7.05 Å². The molecule has 152 valence electrons. The van der Waals surface area contributed by atoms with Crippen LogP contribution in [-0.2, 0) is 13.5 Å². The fourth-order valence-corrected chi connectivity index (χ4v) is 4.21. The summed E-state index contributed by atoms with van der Waals surface area (Å²) in [7, 11) is 1.95. The second-order valence-corrected chi connectivity index (χ2v) is 8.60. The standard InChI is InChI=1S/C22H19BrN4O2S/c1-27-18-8-7-16(25-21(28)14-4-2-5-15(23)12-14)13-17(18)26-20(27)9-10-24-22(29)19-6-3-11-30-19/h2-8,11-13H,9-10H2,1H3,(H,24,29)(H,25,28). The molecule has 0 atom stereocenters. The quantitative estimate of drug-likeness (QED) is 0.420. The Labute approximate surface area is 186 Å². The highest BCUT2D eigenvalue weighted by Gasteiger charge is 2.12. The van der Waals surface area contributed by atoms with Gasteiger partial charge in [0.05, 0.1) is 15.9 Å². The molecule has 4 rings (SSSR count). The predicted molar refractivity (Wildman–Crippen MR) is 123 cm³/mol. The highest BCUT2D eigenvalue weighted by atomic mass is 79.9. The molecule has 2 heterocycles. The first-order valence-corrected chi connectivity index (χ1v) is 11.0. The van der Waals surface area contributed by atoms with E-state index in [9.17, 15) is 9.59 Å². The Morgan fingerprint density at radius 1 is 1.10 bits per heavy atom. The monoisotopic (exact) mass is 482 g/mol. The lowest BCUT2D eigenvalue weighted by Gasteiger charge is -2.06. The topological polar surface area (TPSA) is 76.0 Å². The van der Waals surface area contributed by atoms with Gasteiger partial charge in [-0.1, -0.05) is 28.1 Å². The second-order valence-electron chi connectivity index (χ2n) is 6.74. The van der Waals surface area contributed by atoms with Gasteiger partial charge in [0.2, 0.25) is 0 Å². The molecule has 0 unspecified atom stereocenters. The number of aromatic nitrogens is 2. The molecule has 0 radical (unpaired) electrons. The zero-order valence-corrected chi connectivity index (χ0v) is 18.6. The third-order valence-corrected chi connectivity index (χ3v) is 6.06. The smallest absolute Gasteiger partial charge is 0.261 e. The zero-order valence-electron chi connectivity index (χ0n) is 16.2. The molecule has 2 amide bonds. The van der Waals surface area contributed by atoms with E-state index in [0.717, 1.165) is 21.3 Å². The number of hydrogen-bond donors (Lipinski definition) is 2. The number of imidazole rings is 1. The molecule has 0 aliphatic heterocycles. The Morgan fingerprint density at radius 2 is 1.97 bits per heavy atom. The third kappa shape index (κ3) is 4.44. The molecule has 4 aromatic rings. The van der Waals surface area contributed by atoms with Gasteiger partial charge in [-0.2, -0.15) is 0 Å². The van der Waals surface area contributed by atoms with E-state index in [1.807, 2.05) is 53.4 Å². The predicted octanol–water partition coefficient (Wildman–Crippen LogP) is 4.62. The number of aryl methyl sites for hydroxylation is 1. The Morgan fingerprint density at radius 3 is 2.73 bits per heavy atom. The van der Waals surface area contributed by atoms with Crippen LogP contribution in [0, 0.1) is 0 Å². The number of amides is 2. The van der Waals surface area contributed by atoms with Crippen LogP contribution in [0.4, 0.5) is 5.69 Å². The van der Waals surface area contributed by atoms with Gasteiger partial charge in [-0.25, -0.2) is 4.98 Å². The van der Waals surface area contributed by atoms with Crippen LogP contribution in [-0.4, -0.2) is 27.9 Å². The van der Waals surface area contributed by atoms with Crippen LogP contribution in [0.2, 0.25) is 0 Å². The SMILES string of the molecule is Cn1c(CCNC(=O)c2cccs2)nc2cc(NC(=O)c3cccc(Br)c3)ccc21. The number of benzene rings is 2. The Kier molecular flexibility index (Phi) is 5.96. The average molecular weight is 483 g/mol. The summed E-state index contributed by atoms with van der Waals surface area (Å²) in [5.74, 6) is 0.622. The van der Waals surface area contributed by atoms with Crippen LogP contribution in [0.3, 0.4) is 0 Å².